The molecule has 1 aromatic carbocycles. The zero-order chi connectivity index (χ0) is 15.2. The van der Waals surface area contributed by atoms with Gasteiger partial charge in [0.05, 0.1) is 10.7 Å². The number of aromatic nitrogens is 1. The summed E-state index contributed by atoms with van der Waals surface area (Å²) in [5.41, 5.74) is 2.31. The van der Waals surface area contributed by atoms with Crippen LogP contribution in [0.3, 0.4) is 0 Å². The van der Waals surface area contributed by atoms with Gasteiger partial charge in [0, 0.05) is 23.4 Å². The highest BCUT2D eigenvalue weighted by molar-refractivity contribution is 7.09. The fraction of sp³-hybridized carbons (Fsp3) is 0.500. The van der Waals surface area contributed by atoms with Gasteiger partial charge in [0.15, 0.2) is 0 Å². The summed E-state index contributed by atoms with van der Waals surface area (Å²) in [7, 11) is 0. The van der Waals surface area contributed by atoms with Crippen LogP contribution < -0.4 is 5.32 Å². The molecule has 0 aliphatic carbocycles. The molecule has 0 fully saturated rings. The van der Waals surface area contributed by atoms with E-state index in [0.717, 1.165) is 18.7 Å². The Morgan fingerprint density at radius 2 is 1.86 bits per heavy atom. The van der Waals surface area contributed by atoms with Crippen LogP contribution in [0.5, 0.6) is 0 Å². The molecule has 0 aliphatic heterocycles. The van der Waals surface area contributed by atoms with Crippen LogP contribution >= 0.6 is 11.3 Å². The van der Waals surface area contributed by atoms with E-state index >= 15 is 0 Å². The third kappa shape index (κ3) is 4.39. The Morgan fingerprint density at radius 3 is 2.48 bits per heavy atom. The Kier molecular flexibility index (Phi) is 5.95. The van der Waals surface area contributed by atoms with Gasteiger partial charge in [-0.1, -0.05) is 58.0 Å². The summed E-state index contributed by atoms with van der Waals surface area (Å²) in [6.45, 7) is 10.1. The quantitative estimate of drug-likeness (QED) is 0.807. The Bertz CT molecular complexity index is 533. The number of thiazole rings is 1. The topological polar surface area (TPSA) is 24.9 Å². The minimum absolute atomic E-state index is 0.504. The average Bonchev–Trinajstić information content (AvgIpc) is 2.95. The van der Waals surface area contributed by atoms with Crippen LogP contribution in [0.4, 0.5) is 0 Å². The first-order valence-corrected chi connectivity index (χ1v) is 8.73. The highest BCUT2D eigenvalue weighted by atomic mass is 32.1. The number of hydrogen-bond donors (Lipinski definition) is 1. The minimum atomic E-state index is 0.504. The number of benzene rings is 1. The SMILES string of the molecule is CCNC(Cc1nc(-c2ccccc2)cs1)C(C)C(C)C. The largest absolute Gasteiger partial charge is 0.314 e. The molecular formula is C18H26N2S. The van der Waals surface area contributed by atoms with Gasteiger partial charge < -0.3 is 5.32 Å². The van der Waals surface area contributed by atoms with E-state index in [1.54, 1.807) is 11.3 Å². The van der Waals surface area contributed by atoms with Crippen molar-refractivity contribution in [2.45, 2.75) is 40.2 Å². The highest BCUT2D eigenvalue weighted by Crippen LogP contribution is 2.24. The van der Waals surface area contributed by atoms with E-state index in [-0.39, 0.29) is 0 Å². The van der Waals surface area contributed by atoms with Crippen LogP contribution in [0.15, 0.2) is 35.7 Å². The van der Waals surface area contributed by atoms with Gasteiger partial charge in [-0.2, -0.15) is 0 Å². The summed E-state index contributed by atoms with van der Waals surface area (Å²) in [5.74, 6) is 1.33. The molecular weight excluding hydrogens is 276 g/mol. The number of likely N-dealkylation sites (N-methyl/N-ethyl adjacent to an activating group) is 1. The Labute approximate surface area is 132 Å². The summed E-state index contributed by atoms with van der Waals surface area (Å²) < 4.78 is 0. The summed E-state index contributed by atoms with van der Waals surface area (Å²) in [4.78, 5) is 4.82. The van der Waals surface area contributed by atoms with Gasteiger partial charge in [0.25, 0.3) is 0 Å². The summed E-state index contributed by atoms with van der Waals surface area (Å²) >= 11 is 1.78. The average molecular weight is 302 g/mol. The fourth-order valence-electron chi connectivity index (χ4n) is 2.51. The van der Waals surface area contributed by atoms with Crippen LogP contribution in [-0.2, 0) is 6.42 Å². The lowest BCUT2D eigenvalue weighted by atomic mass is 9.88. The van der Waals surface area contributed by atoms with E-state index in [1.165, 1.54) is 10.6 Å². The zero-order valence-electron chi connectivity index (χ0n) is 13.5. The number of nitrogens with one attached hydrogen (secondary N) is 1. The van der Waals surface area contributed by atoms with Crippen molar-refractivity contribution in [2.75, 3.05) is 6.54 Å². The molecule has 0 saturated heterocycles. The first-order valence-electron chi connectivity index (χ1n) is 7.85. The van der Waals surface area contributed by atoms with Crippen LogP contribution in [0.1, 0.15) is 32.7 Å². The van der Waals surface area contributed by atoms with Crippen molar-refractivity contribution >= 4 is 11.3 Å². The lowest BCUT2D eigenvalue weighted by Gasteiger charge is -2.27. The molecule has 2 unspecified atom stereocenters. The highest BCUT2D eigenvalue weighted by Gasteiger charge is 2.21. The molecule has 0 bridgehead atoms. The number of nitrogens with zero attached hydrogens (tertiary/aromatic N) is 1. The molecule has 0 saturated carbocycles. The summed E-state index contributed by atoms with van der Waals surface area (Å²) in [6, 6.07) is 10.9. The van der Waals surface area contributed by atoms with Crippen LogP contribution in [0.25, 0.3) is 11.3 Å². The molecule has 0 radical (unpaired) electrons. The first kappa shape index (κ1) is 16.2. The molecule has 3 heteroatoms. The molecule has 2 rings (SSSR count). The van der Waals surface area contributed by atoms with Crippen molar-refractivity contribution in [3.63, 3.8) is 0 Å². The van der Waals surface area contributed by atoms with Crippen molar-refractivity contribution < 1.29 is 0 Å². The molecule has 1 heterocycles. The molecule has 0 aliphatic rings. The molecule has 2 atom stereocenters. The zero-order valence-corrected chi connectivity index (χ0v) is 14.3. The molecule has 21 heavy (non-hydrogen) atoms. The monoisotopic (exact) mass is 302 g/mol. The molecule has 0 amide bonds. The Hall–Kier alpha value is -1.19. The molecule has 0 spiro atoms. The fourth-order valence-corrected chi connectivity index (χ4v) is 3.37. The minimum Gasteiger partial charge on any atom is -0.314 e. The predicted molar refractivity (Wildman–Crippen MR) is 92.7 cm³/mol. The first-order chi connectivity index (χ1) is 10.1. The van der Waals surface area contributed by atoms with Gasteiger partial charge >= 0.3 is 0 Å². The van der Waals surface area contributed by atoms with E-state index in [0.29, 0.717) is 17.9 Å². The van der Waals surface area contributed by atoms with E-state index in [1.807, 2.05) is 6.07 Å². The van der Waals surface area contributed by atoms with Crippen molar-refractivity contribution in [2.24, 2.45) is 11.8 Å². The second kappa shape index (κ2) is 7.71. The molecule has 114 valence electrons. The van der Waals surface area contributed by atoms with Gasteiger partial charge in [0.2, 0.25) is 0 Å². The smallest absolute Gasteiger partial charge is 0.0948 e. The Morgan fingerprint density at radius 1 is 1.14 bits per heavy atom. The maximum atomic E-state index is 4.82. The van der Waals surface area contributed by atoms with Gasteiger partial charge in [-0.15, -0.1) is 11.3 Å². The normalized spacial score (nSPS) is 14.3. The van der Waals surface area contributed by atoms with Gasteiger partial charge in [-0.25, -0.2) is 4.98 Å². The van der Waals surface area contributed by atoms with Crippen LogP contribution in [-0.4, -0.2) is 17.6 Å². The second-order valence-electron chi connectivity index (χ2n) is 5.96. The molecule has 2 nitrogen and oxygen atoms in total. The number of rotatable bonds is 7. The van der Waals surface area contributed by atoms with E-state index in [4.69, 9.17) is 4.98 Å². The molecule has 1 aromatic heterocycles. The van der Waals surface area contributed by atoms with Crippen molar-refractivity contribution in [1.82, 2.24) is 10.3 Å². The predicted octanol–water partition coefficient (Wildman–Crippen LogP) is 4.62. The third-order valence-corrected chi connectivity index (χ3v) is 5.04. The van der Waals surface area contributed by atoms with E-state index in [2.05, 4.69) is 62.7 Å². The maximum Gasteiger partial charge on any atom is 0.0948 e. The lowest BCUT2D eigenvalue weighted by Crippen LogP contribution is -2.38. The summed E-state index contributed by atoms with van der Waals surface area (Å²) in [5, 5.41) is 7.03. The summed E-state index contributed by atoms with van der Waals surface area (Å²) in [6.07, 6.45) is 1.02. The van der Waals surface area contributed by atoms with E-state index < -0.39 is 0 Å². The van der Waals surface area contributed by atoms with Crippen LogP contribution in [0.2, 0.25) is 0 Å². The van der Waals surface area contributed by atoms with Gasteiger partial charge in [0.1, 0.15) is 0 Å². The lowest BCUT2D eigenvalue weighted by molar-refractivity contribution is 0.300. The molecule has 2 aromatic rings. The Balaban J connectivity index is 2.10. The van der Waals surface area contributed by atoms with Crippen molar-refractivity contribution in [3.8, 4) is 11.3 Å². The maximum absolute atomic E-state index is 4.82. The van der Waals surface area contributed by atoms with Gasteiger partial charge in [-0.3, -0.25) is 0 Å². The van der Waals surface area contributed by atoms with Crippen molar-refractivity contribution in [3.05, 3.63) is 40.7 Å². The van der Waals surface area contributed by atoms with E-state index in [9.17, 15) is 0 Å². The third-order valence-electron chi connectivity index (χ3n) is 4.17. The second-order valence-corrected chi connectivity index (χ2v) is 6.91. The standard InChI is InChI=1S/C18H26N2S/c1-5-19-16(14(4)13(2)3)11-18-20-17(12-21-18)15-9-7-6-8-10-15/h6-10,12-14,16,19H,5,11H2,1-4H3. The van der Waals surface area contributed by atoms with Crippen LogP contribution in [0, 0.1) is 11.8 Å². The number of hydrogen-bond acceptors (Lipinski definition) is 3. The van der Waals surface area contributed by atoms with Gasteiger partial charge in [-0.05, 0) is 18.4 Å². The van der Waals surface area contributed by atoms with Crippen molar-refractivity contribution in [1.29, 1.82) is 0 Å². The molecule has 1 N–H and O–H groups in total.